The summed E-state index contributed by atoms with van der Waals surface area (Å²) in [5.41, 5.74) is 6.53. The van der Waals surface area contributed by atoms with Gasteiger partial charge in [-0.2, -0.15) is 0 Å². The molecular weight excluding hydrogens is 400 g/mol. The van der Waals surface area contributed by atoms with Gasteiger partial charge >= 0.3 is 5.97 Å². The second-order valence-electron chi connectivity index (χ2n) is 6.08. The van der Waals surface area contributed by atoms with Crippen molar-refractivity contribution in [2.24, 2.45) is 5.73 Å². The number of nitrogens with one attached hydrogen (secondary N) is 1. The summed E-state index contributed by atoms with van der Waals surface area (Å²) in [6.07, 6.45) is 1.63. The first-order chi connectivity index (χ1) is 13.8. The minimum absolute atomic E-state index is 0.0855. The number of fused-ring (bicyclic) bond motifs is 1. The molecule has 1 aliphatic heterocycles. The SMILES string of the molecule is C[C@H](OC(=O)/C=C/c1cc(Cl)c2c(c1)OCO2)C(=O)Nc1ccc(C(N)=O)cc1. The van der Waals surface area contributed by atoms with Crippen molar-refractivity contribution in [3.63, 3.8) is 0 Å². The van der Waals surface area contributed by atoms with Crippen LogP contribution in [0.25, 0.3) is 6.08 Å². The Morgan fingerprint density at radius 2 is 1.93 bits per heavy atom. The van der Waals surface area contributed by atoms with E-state index in [1.165, 1.54) is 43.3 Å². The molecule has 0 saturated heterocycles. The Morgan fingerprint density at radius 3 is 2.62 bits per heavy atom. The van der Waals surface area contributed by atoms with E-state index in [4.69, 9.17) is 31.5 Å². The van der Waals surface area contributed by atoms with Crippen molar-refractivity contribution < 1.29 is 28.6 Å². The second-order valence-corrected chi connectivity index (χ2v) is 6.49. The number of hydrogen-bond donors (Lipinski definition) is 2. The van der Waals surface area contributed by atoms with Crippen LogP contribution in [0.5, 0.6) is 11.5 Å². The Hall–Kier alpha value is -3.52. The van der Waals surface area contributed by atoms with E-state index in [0.29, 0.717) is 33.3 Å². The maximum Gasteiger partial charge on any atom is 0.331 e. The van der Waals surface area contributed by atoms with Gasteiger partial charge in [-0.25, -0.2) is 4.79 Å². The third-order valence-electron chi connectivity index (χ3n) is 3.96. The number of nitrogens with two attached hydrogens (primary N) is 1. The fourth-order valence-electron chi connectivity index (χ4n) is 2.48. The number of hydrogen-bond acceptors (Lipinski definition) is 6. The highest BCUT2D eigenvalue weighted by Crippen LogP contribution is 2.40. The van der Waals surface area contributed by atoms with Gasteiger partial charge in [0.2, 0.25) is 12.7 Å². The first-order valence-electron chi connectivity index (χ1n) is 8.52. The van der Waals surface area contributed by atoms with Gasteiger partial charge in [-0.3, -0.25) is 9.59 Å². The van der Waals surface area contributed by atoms with E-state index >= 15 is 0 Å². The summed E-state index contributed by atoms with van der Waals surface area (Å²) in [5.74, 6) is -0.850. The molecule has 2 amide bonds. The van der Waals surface area contributed by atoms with Crippen LogP contribution in [0.2, 0.25) is 5.02 Å². The normalized spacial score (nSPS) is 13.2. The molecule has 2 aromatic carbocycles. The Bertz CT molecular complexity index is 987. The van der Waals surface area contributed by atoms with E-state index in [9.17, 15) is 14.4 Å². The third kappa shape index (κ3) is 5.05. The number of halogens is 1. The predicted molar refractivity (Wildman–Crippen MR) is 106 cm³/mol. The van der Waals surface area contributed by atoms with Crippen molar-refractivity contribution in [3.05, 3.63) is 58.6 Å². The van der Waals surface area contributed by atoms with Crippen LogP contribution in [0.1, 0.15) is 22.8 Å². The molecular formula is C20H17ClN2O6. The number of rotatable bonds is 6. The molecule has 3 rings (SSSR count). The molecule has 0 spiro atoms. The molecule has 0 unspecified atom stereocenters. The topological polar surface area (TPSA) is 117 Å². The van der Waals surface area contributed by atoms with Gasteiger partial charge in [0.1, 0.15) is 0 Å². The summed E-state index contributed by atoms with van der Waals surface area (Å²) < 4.78 is 15.6. The molecule has 1 atom stereocenters. The number of esters is 1. The maximum atomic E-state index is 12.2. The van der Waals surface area contributed by atoms with Crippen LogP contribution in [0.3, 0.4) is 0 Å². The molecule has 0 aromatic heterocycles. The first kappa shape index (κ1) is 20.2. The van der Waals surface area contributed by atoms with E-state index in [-0.39, 0.29) is 6.79 Å². The number of primary amides is 1. The molecule has 1 heterocycles. The van der Waals surface area contributed by atoms with Crippen LogP contribution in [0, 0.1) is 0 Å². The van der Waals surface area contributed by atoms with Crippen LogP contribution >= 0.6 is 11.6 Å². The Labute approximate surface area is 171 Å². The van der Waals surface area contributed by atoms with Gasteiger partial charge in [0, 0.05) is 17.3 Å². The average molecular weight is 417 g/mol. The standard InChI is InChI=1S/C20H17ClN2O6/c1-11(20(26)23-14-5-3-13(4-6-14)19(22)25)29-17(24)7-2-12-8-15(21)18-16(9-12)27-10-28-18/h2-9,11H,10H2,1H3,(H2,22,25)(H,23,26)/b7-2+/t11-/m0/s1. The van der Waals surface area contributed by atoms with E-state index in [0.717, 1.165) is 0 Å². The van der Waals surface area contributed by atoms with Crippen molar-refractivity contribution in [1.82, 2.24) is 0 Å². The predicted octanol–water partition coefficient (Wildman–Crippen LogP) is 2.75. The first-order valence-corrected chi connectivity index (χ1v) is 8.90. The van der Waals surface area contributed by atoms with E-state index < -0.39 is 23.9 Å². The van der Waals surface area contributed by atoms with Gasteiger partial charge in [-0.15, -0.1) is 0 Å². The van der Waals surface area contributed by atoms with Crippen LogP contribution in [0.4, 0.5) is 5.69 Å². The van der Waals surface area contributed by atoms with E-state index in [2.05, 4.69) is 5.32 Å². The highest BCUT2D eigenvalue weighted by molar-refractivity contribution is 6.32. The lowest BCUT2D eigenvalue weighted by Gasteiger charge is -2.12. The average Bonchev–Trinajstić information content (AvgIpc) is 3.16. The van der Waals surface area contributed by atoms with Gasteiger partial charge in [0.25, 0.3) is 5.91 Å². The van der Waals surface area contributed by atoms with Crippen LogP contribution in [-0.2, 0) is 14.3 Å². The Balaban J connectivity index is 1.55. The number of amides is 2. The molecule has 9 heteroatoms. The monoisotopic (exact) mass is 416 g/mol. The lowest BCUT2D eigenvalue weighted by molar-refractivity contribution is -0.148. The summed E-state index contributed by atoms with van der Waals surface area (Å²) in [4.78, 5) is 35.2. The maximum absolute atomic E-state index is 12.2. The highest BCUT2D eigenvalue weighted by Gasteiger charge is 2.19. The molecule has 2 aromatic rings. The summed E-state index contributed by atoms with van der Waals surface area (Å²) in [7, 11) is 0. The number of carbonyl (C=O) groups is 3. The molecule has 150 valence electrons. The van der Waals surface area contributed by atoms with Gasteiger partial charge in [0.15, 0.2) is 17.6 Å². The van der Waals surface area contributed by atoms with Crippen molar-refractivity contribution in [3.8, 4) is 11.5 Å². The smallest absolute Gasteiger partial charge is 0.331 e. The van der Waals surface area contributed by atoms with Crippen LogP contribution in [0.15, 0.2) is 42.5 Å². The molecule has 8 nitrogen and oxygen atoms in total. The van der Waals surface area contributed by atoms with E-state index in [1.807, 2.05) is 0 Å². The fraction of sp³-hybridized carbons (Fsp3) is 0.150. The number of benzene rings is 2. The molecule has 0 bridgehead atoms. The quantitative estimate of drug-likeness (QED) is 0.552. The van der Waals surface area contributed by atoms with Crippen molar-refractivity contribution >= 4 is 41.1 Å². The minimum Gasteiger partial charge on any atom is -0.454 e. The van der Waals surface area contributed by atoms with Gasteiger partial charge < -0.3 is 25.3 Å². The molecule has 0 saturated carbocycles. The third-order valence-corrected chi connectivity index (χ3v) is 4.24. The minimum atomic E-state index is -1.04. The van der Waals surface area contributed by atoms with Gasteiger partial charge in [-0.05, 0) is 55.0 Å². The summed E-state index contributed by atoms with van der Waals surface area (Å²) in [5, 5.41) is 2.95. The number of carbonyl (C=O) groups excluding carboxylic acids is 3. The van der Waals surface area contributed by atoms with Crippen LogP contribution in [-0.4, -0.2) is 30.7 Å². The lowest BCUT2D eigenvalue weighted by Crippen LogP contribution is -2.29. The molecule has 29 heavy (non-hydrogen) atoms. The molecule has 0 radical (unpaired) electrons. The largest absolute Gasteiger partial charge is 0.454 e. The highest BCUT2D eigenvalue weighted by atomic mass is 35.5. The zero-order valence-electron chi connectivity index (χ0n) is 15.3. The number of ether oxygens (including phenoxy) is 3. The Kier molecular flexibility index (Phi) is 6.04. The molecule has 1 aliphatic rings. The Morgan fingerprint density at radius 1 is 1.21 bits per heavy atom. The summed E-state index contributed by atoms with van der Waals surface area (Å²) in [6.45, 7) is 1.53. The van der Waals surface area contributed by atoms with Crippen LogP contribution < -0.4 is 20.5 Å². The molecule has 0 fully saturated rings. The van der Waals surface area contributed by atoms with Gasteiger partial charge in [0.05, 0.1) is 5.02 Å². The fourth-order valence-corrected chi connectivity index (χ4v) is 2.75. The van der Waals surface area contributed by atoms with Gasteiger partial charge in [-0.1, -0.05) is 11.6 Å². The summed E-state index contributed by atoms with van der Waals surface area (Å²) in [6, 6.07) is 9.29. The summed E-state index contributed by atoms with van der Waals surface area (Å²) >= 11 is 6.09. The zero-order chi connectivity index (χ0) is 21.0. The lowest BCUT2D eigenvalue weighted by atomic mass is 10.2. The molecule has 3 N–H and O–H groups in total. The molecule has 0 aliphatic carbocycles. The second kappa shape index (κ2) is 8.66. The van der Waals surface area contributed by atoms with Crippen molar-refractivity contribution in [1.29, 1.82) is 0 Å². The van der Waals surface area contributed by atoms with Crippen molar-refractivity contribution in [2.75, 3.05) is 12.1 Å². The van der Waals surface area contributed by atoms with E-state index in [1.54, 1.807) is 12.1 Å². The zero-order valence-corrected chi connectivity index (χ0v) is 16.1. The van der Waals surface area contributed by atoms with Crippen molar-refractivity contribution in [2.45, 2.75) is 13.0 Å². The number of anilines is 1.